The van der Waals surface area contributed by atoms with E-state index in [2.05, 4.69) is 33.3 Å². The van der Waals surface area contributed by atoms with E-state index in [0.29, 0.717) is 0 Å². The van der Waals surface area contributed by atoms with E-state index in [4.69, 9.17) is 0 Å². The number of ether oxygens (including phenoxy) is 1. The topological polar surface area (TPSA) is 24.5 Å². The molecule has 2 aromatic rings. The molecule has 3 rings (SSSR count). The highest BCUT2D eigenvalue weighted by molar-refractivity contribution is 7.10. The van der Waals surface area contributed by atoms with E-state index in [9.17, 15) is 13.2 Å². The molecule has 0 aliphatic carbocycles. The van der Waals surface area contributed by atoms with E-state index in [1.165, 1.54) is 22.6 Å². The number of hydrogen-bond acceptors (Lipinski definition) is 4. The molecule has 1 aromatic carbocycles. The molecule has 0 saturated carbocycles. The Balaban J connectivity index is 1.89. The van der Waals surface area contributed by atoms with Crippen LogP contribution in [0.2, 0.25) is 0 Å². The highest BCUT2D eigenvalue weighted by Crippen LogP contribution is 2.35. The highest BCUT2D eigenvalue weighted by atomic mass is 32.1. The van der Waals surface area contributed by atoms with Gasteiger partial charge in [0.05, 0.1) is 6.04 Å². The minimum atomic E-state index is -4.66. The van der Waals surface area contributed by atoms with Crippen molar-refractivity contribution in [2.24, 2.45) is 0 Å². The third-order valence-electron chi connectivity index (χ3n) is 4.10. The van der Waals surface area contributed by atoms with Crippen LogP contribution in [0.3, 0.4) is 0 Å². The fourth-order valence-electron chi connectivity index (χ4n) is 2.98. The lowest BCUT2D eigenvalue weighted by atomic mass is 10.0. The average molecular weight is 356 g/mol. The van der Waals surface area contributed by atoms with Crippen molar-refractivity contribution < 1.29 is 17.9 Å². The van der Waals surface area contributed by atoms with Gasteiger partial charge in [0.15, 0.2) is 0 Å². The summed E-state index contributed by atoms with van der Waals surface area (Å²) in [6.07, 6.45) is -4.66. The van der Waals surface area contributed by atoms with E-state index in [0.717, 1.165) is 31.7 Å². The summed E-state index contributed by atoms with van der Waals surface area (Å²) in [5.74, 6) is -0.187. The fraction of sp³-hybridized carbons (Fsp3) is 0.412. The monoisotopic (exact) mass is 356 g/mol. The largest absolute Gasteiger partial charge is 0.573 e. The predicted octanol–water partition coefficient (Wildman–Crippen LogP) is 3.95. The van der Waals surface area contributed by atoms with Crippen LogP contribution >= 0.6 is 11.3 Å². The van der Waals surface area contributed by atoms with Gasteiger partial charge in [-0.05, 0) is 41.6 Å². The Labute approximate surface area is 143 Å². The Hall–Kier alpha value is -1.57. The van der Waals surface area contributed by atoms with Gasteiger partial charge >= 0.3 is 6.36 Å². The zero-order valence-corrected chi connectivity index (χ0v) is 14.1. The lowest BCUT2D eigenvalue weighted by Crippen LogP contribution is -2.45. The summed E-state index contributed by atoms with van der Waals surface area (Å²) >= 11 is 1.69. The number of thiophene rings is 1. The summed E-state index contributed by atoms with van der Waals surface area (Å²) in [7, 11) is 0. The molecule has 2 heterocycles. The molecule has 7 heteroatoms. The third-order valence-corrected chi connectivity index (χ3v) is 5.17. The molecule has 1 atom stereocenters. The van der Waals surface area contributed by atoms with Crippen molar-refractivity contribution in [3.63, 3.8) is 0 Å². The van der Waals surface area contributed by atoms with Gasteiger partial charge < -0.3 is 10.1 Å². The van der Waals surface area contributed by atoms with E-state index in [1.807, 2.05) is 0 Å². The Morgan fingerprint density at radius 1 is 1.12 bits per heavy atom. The van der Waals surface area contributed by atoms with Gasteiger partial charge in [0.25, 0.3) is 0 Å². The van der Waals surface area contributed by atoms with Crippen LogP contribution in [-0.2, 0) is 0 Å². The normalized spacial score (nSPS) is 17.7. The quantitative estimate of drug-likeness (QED) is 0.898. The van der Waals surface area contributed by atoms with Crippen LogP contribution in [-0.4, -0.2) is 37.4 Å². The number of halogens is 3. The van der Waals surface area contributed by atoms with Gasteiger partial charge in [-0.25, -0.2) is 0 Å². The molecule has 130 valence electrons. The van der Waals surface area contributed by atoms with Crippen molar-refractivity contribution >= 4 is 11.3 Å². The second-order valence-electron chi connectivity index (χ2n) is 5.77. The maximum Gasteiger partial charge on any atom is 0.573 e. The van der Waals surface area contributed by atoms with Crippen molar-refractivity contribution in [2.75, 3.05) is 26.2 Å². The van der Waals surface area contributed by atoms with Crippen molar-refractivity contribution in [2.45, 2.75) is 19.3 Å². The van der Waals surface area contributed by atoms with Crippen LogP contribution in [0.1, 0.15) is 22.0 Å². The van der Waals surface area contributed by atoms with Crippen molar-refractivity contribution in [1.82, 2.24) is 10.2 Å². The summed E-state index contributed by atoms with van der Waals surface area (Å²) in [5.41, 5.74) is 2.19. The standard InChI is InChI=1S/C17H19F3N2OS/c1-12-6-11-24-16(12)15(22-9-7-21-8-10-22)13-2-4-14(5-3-13)23-17(18,19)20/h2-6,11,15,21H,7-10H2,1H3/t15-/m1/s1. The van der Waals surface area contributed by atoms with Gasteiger partial charge in [-0.3, -0.25) is 4.90 Å². The molecular weight excluding hydrogens is 337 g/mol. The molecule has 0 unspecified atom stereocenters. The molecule has 1 aliphatic heterocycles. The molecule has 1 N–H and O–H groups in total. The van der Waals surface area contributed by atoms with Gasteiger partial charge in [0.1, 0.15) is 5.75 Å². The molecule has 24 heavy (non-hydrogen) atoms. The van der Waals surface area contributed by atoms with Gasteiger partial charge in [-0.15, -0.1) is 24.5 Å². The van der Waals surface area contributed by atoms with Crippen LogP contribution in [0.5, 0.6) is 5.75 Å². The van der Waals surface area contributed by atoms with Crippen LogP contribution in [0.4, 0.5) is 13.2 Å². The van der Waals surface area contributed by atoms with Gasteiger partial charge in [-0.2, -0.15) is 0 Å². The van der Waals surface area contributed by atoms with Gasteiger partial charge in [0.2, 0.25) is 0 Å². The van der Waals surface area contributed by atoms with E-state index < -0.39 is 6.36 Å². The van der Waals surface area contributed by atoms with Gasteiger partial charge in [-0.1, -0.05) is 12.1 Å². The second kappa shape index (κ2) is 7.13. The maximum atomic E-state index is 12.3. The predicted molar refractivity (Wildman–Crippen MR) is 88.5 cm³/mol. The number of rotatable bonds is 4. The molecule has 0 bridgehead atoms. The molecule has 1 aromatic heterocycles. The molecule has 0 spiro atoms. The van der Waals surface area contributed by atoms with Crippen molar-refractivity contribution in [3.8, 4) is 5.75 Å². The van der Waals surface area contributed by atoms with Crippen LogP contribution < -0.4 is 10.1 Å². The first-order chi connectivity index (χ1) is 11.4. The average Bonchev–Trinajstić information content (AvgIpc) is 2.95. The number of nitrogens with zero attached hydrogens (tertiary/aromatic N) is 1. The Morgan fingerprint density at radius 2 is 1.79 bits per heavy atom. The zero-order valence-electron chi connectivity index (χ0n) is 13.3. The number of alkyl halides is 3. The van der Waals surface area contributed by atoms with Crippen molar-refractivity contribution in [1.29, 1.82) is 0 Å². The first kappa shape index (κ1) is 17.3. The summed E-state index contributed by atoms with van der Waals surface area (Å²) in [6, 6.07) is 8.38. The smallest absolute Gasteiger partial charge is 0.406 e. The number of hydrogen-bond donors (Lipinski definition) is 1. The molecule has 1 aliphatic rings. The number of aryl methyl sites for hydroxylation is 1. The summed E-state index contributed by atoms with van der Waals surface area (Å²) < 4.78 is 41.0. The van der Waals surface area contributed by atoms with E-state index in [1.54, 1.807) is 23.5 Å². The zero-order chi connectivity index (χ0) is 17.2. The lowest BCUT2D eigenvalue weighted by molar-refractivity contribution is -0.274. The molecule has 1 saturated heterocycles. The Bertz CT molecular complexity index is 663. The molecule has 1 fully saturated rings. The molecular formula is C17H19F3N2OS. The Morgan fingerprint density at radius 3 is 2.33 bits per heavy atom. The molecule has 0 amide bonds. The molecule has 0 radical (unpaired) electrons. The molecule has 3 nitrogen and oxygen atoms in total. The summed E-state index contributed by atoms with van der Waals surface area (Å²) in [4.78, 5) is 3.61. The Kier molecular flexibility index (Phi) is 5.12. The summed E-state index contributed by atoms with van der Waals surface area (Å²) in [6.45, 7) is 5.71. The van der Waals surface area contributed by atoms with Crippen molar-refractivity contribution in [3.05, 3.63) is 51.7 Å². The number of piperazine rings is 1. The first-order valence-electron chi connectivity index (χ1n) is 7.78. The minimum absolute atomic E-state index is 0.0621. The van der Waals surface area contributed by atoms with Crippen LogP contribution in [0, 0.1) is 6.92 Å². The SMILES string of the molecule is Cc1ccsc1[C@@H](c1ccc(OC(F)(F)F)cc1)N1CCNCC1. The second-order valence-corrected chi connectivity index (χ2v) is 6.72. The lowest BCUT2D eigenvalue weighted by Gasteiger charge is -2.35. The minimum Gasteiger partial charge on any atom is -0.406 e. The summed E-state index contributed by atoms with van der Waals surface area (Å²) in [5, 5.41) is 5.39. The number of benzene rings is 1. The fourth-order valence-corrected chi connectivity index (χ4v) is 4.07. The van der Waals surface area contributed by atoms with Gasteiger partial charge in [0, 0.05) is 31.1 Å². The van der Waals surface area contributed by atoms with E-state index in [-0.39, 0.29) is 11.8 Å². The number of nitrogens with one attached hydrogen (secondary N) is 1. The maximum absolute atomic E-state index is 12.3. The van der Waals surface area contributed by atoms with Crippen LogP contribution in [0.15, 0.2) is 35.7 Å². The van der Waals surface area contributed by atoms with E-state index >= 15 is 0 Å². The highest BCUT2D eigenvalue weighted by Gasteiger charge is 2.31. The van der Waals surface area contributed by atoms with Crippen LogP contribution in [0.25, 0.3) is 0 Å². The first-order valence-corrected chi connectivity index (χ1v) is 8.66. The third kappa shape index (κ3) is 4.09.